The molecule has 0 aliphatic heterocycles. The lowest BCUT2D eigenvalue weighted by Crippen LogP contribution is -2.36. The smallest absolute Gasteiger partial charge is 0.173 e. The molecule has 0 spiro atoms. The molecule has 0 unspecified atom stereocenters. The molecule has 1 fully saturated rings. The Bertz CT molecular complexity index is 452. The SMILES string of the molecule is CCCN(CC1CC1)C(=S)Nc1ccc(C)c(C)c1. The molecule has 0 atom stereocenters. The number of aryl methyl sites for hydroxylation is 2. The second-order valence-electron chi connectivity index (χ2n) is 5.62. The molecule has 2 nitrogen and oxygen atoms in total. The number of benzene rings is 1. The molecule has 19 heavy (non-hydrogen) atoms. The normalized spacial score (nSPS) is 14.3. The molecule has 0 saturated heterocycles. The molecule has 1 aromatic rings. The highest BCUT2D eigenvalue weighted by Crippen LogP contribution is 2.30. The van der Waals surface area contributed by atoms with Gasteiger partial charge in [-0.2, -0.15) is 0 Å². The van der Waals surface area contributed by atoms with Gasteiger partial charge in [0.2, 0.25) is 0 Å². The van der Waals surface area contributed by atoms with Crippen LogP contribution in [0.4, 0.5) is 5.69 Å². The number of nitrogens with one attached hydrogen (secondary N) is 1. The highest BCUT2D eigenvalue weighted by Gasteiger charge is 2.25. The molecule has 1 aromatic carbocycles. The van der Waals surface area contributed by atoms with Crippen LogP contribution in [0.2, 0.25) is 0 Å². The molecule has 0 bridgehead atoms. The summed E-state index contributed by atoms with van der Waals surface area (Å²) in [6.45, 7) is 8.64. The Morgan fingerprint density at radius 1 is 1.32 bits per heavy atom. The van der Waals surface area contributed by atoms with Gasteiger partial charge in [-0.1, -0.05) is 13.0 Å². The molecule has 1 aliphatic rings. The molecule has 0 aromatic heterocycles. The molecule has 0 radical (unpaired) electrons. The van der Waals surface area contributed by atoms with E-state index in [2.05, 4.69) is 49.2 Å². The van der Waals surface area contributed by atoms with Gasteiger partial charge in [0.05, 0.1) is 0 Å². The van der Waals surface area contributed by atoms with Gasteiger partial charge < -0.3 is 10.2 Å². The Labute approximate surface area is 122 Å². The summed E-state index contributed by atoms with van der Waals surface area (Å²) in [5.41, 5.74) is 3.72. The van der Waals surface area contributed by atoms with Gasteiger partial charge in [0, 0.05) is 18.8 Å². The van der Waals surface area contributed by atoms with Crippen molar-refractivity contribution < 1.29 is 0 Å². The monoisotopic (exact) mass is 276 g/mol. The first-order valence-electron chi connectivity index (χ1n) is 7.23. The van der Waals surface area contributed by atoms with Crippen molar-refractivity contribution in [3.8, 4) is 0 Å². The van der Waals surface area contributed by atoms with Crippen molar-refractivity contribution in [2.45, 2.75) is 40.0 Å². The van der Waals surface area contributed by atoms with Crippen LogP contribution in [-0.2, 0) is 0 Å². The average Bonchev–Trinajstić information content (AvgIpc) is 3.17. The summed E-state index contributed by atoms with van der Waals surface area (Å²) < 4.78 is 0. The lowest BCUT2D eigenvalue weighted by atomic mass is 10.1. The Hall–Kier alpha value is -1.09. The minimum Gasteiger partial charge on any atom is -0.349 e. The van der Waals surface area contributed by atoms with E-state index in [4.69, 9.17) is 12.2 Å². The third-order valence-corrected chi connectivity index (χ3v) is 4.07. The van der Waals surface area contributed by atoms with Crippen molar-refractivity contribution in [3.63, 3.8) is 0 Å². The fraction of sp³-hybridized carbons (Fsp3) is 0.562. The predicted molar refractivity (Wildman–Crippen MR) is 86.7 cm³/mol. The van der Waals surface area contributed by atoms with Gasteiger partial charge in [0.15, 0.2) is 5.11 Å². The number of thiocarbonyl (C=S) groups is 1. The first-order chi connectivity index (χ1) is 9.10. The van der Waals surface area contributed by atoms with E-state index in [0.717, 1.165) is 36.2 Å². The van der Waals surface area contributed by atoms with Crippen LogP contribution in [0.3, 0.4) is 0 Å². The summed E-state index contributed by atoms with van der Waals surface area (Å²) in [5.74, 6) is 0.867. The van der Waals surface area contributed by atoms with Crippen molar-refractivity contribution in [1.29, 1.82) is 0 Å². The quantitative estimate of drug-likeness (QED) is 0.814. The summed E-state index contributed by atoms with van der Waals surface area (Å²) >= 11 is 5.56. The van der Waals surface area contributed by atoms with E-state index in [1.54, 1.807) is 0 Å². The van der Waals surface area contributed by atoms with Crippen molar-refractivity contribution in [3.05, 3.63) is 29.3 Å². The minimum atomic E-state index is 0.867. The van der Waals surface area contributed by atoms with Gasteiger partial charge in [-0.3, -0.25) is 0 Å². The highest BCUT2D eigenvalue weighted by molar-refractivity contribution is 7.80. The van der Waals surface area contributed by atoms with Crippen molar-refractivity contribution in [2.75, 3.05) is 18.4 Å². The van der Waals surface area contributed by atoms with Crippen LogP contribution in [0, 0.1) is 19.8 Å². The average molecular weight is 276 g/mol. The third-order valence-electron chi connectivity index (χ3n) is 3.71. The second kappa shape index (κ2) is 6.38. The van der Waals surface area contributed by atoms with Crippen LogP contribution in [0.5, 0.6) is 0 Å². The largest absolute Gasteiger partial charge is 0.349 e. The molecule has 0 amide bonds. The van der Waals surface area contributed by atoms with Crippen LogP contribution >= 0.6 is 12.2 Å². The third kappa shape index (κ3) is 4.20. The first kappa shape index (κ1) is 14.3. The predicted octanol–water partition coefficient (Wildman–Crippen LogP) is 4.12. The maximum Gasteiger partial charge on any atom is 0.173 e. The molecule has 2 rings (SSSR count). The van der Waals surface area contributed by atoms with Crippen molar-refractivity contribution >= 4 is 23.0 Å². The van der Waals surface area contributed by atoms with Crippen molar-refractivity contribution in [1.82, 2.24) is 4.90 Å². The van der Waals surface area contributed by atoms with E-state index in [-0.39, 0.29) is 0 Å². The van der Waals surface area contributed by atoms with E-state index >= 15 is 0 Å². The summed E-state index contributed by atoms with van der Waals surface area (Å²) in [5, 5.41) is 4.26. The van der Waals surface area contributed by atoms with Crippen molar-refractivity contribution in [2.24, 2.45) is 5.92 Å². The molecule has 1 aliphatic carbocycles. The first-order valence-corrected chi connectivity index (χ1v) is 7.64. The molecule has 3 heteroatoms. The van der Waals surface area contributed by atoms with Gasteiger partial charge >= 0.3 is 0 Å². The summed E-state index contributed by atoms with van der Waals surface area (Å²) in [7, 11) is 0. The zero-order chi connectivity index (χ0) is 13.8. The summed E-state index contributed by atoms with van der Waals surface area (Å²) in [6.07, 6.45) is 3.88. The fourth-order valence-corrected chi connectivity index (χ4v) is 2.46. The van der Waals surface area contributed by atoms with Gasteiger partial charge in [-0.25, -0.2) is 0 Å². The molecule has 104 valence electrons. The van der Waals surface area contributed by atoms with Crippen LogP contribution in [0.1, 0.15) is 37.3 Å². The number of nitrogens with zero attached hydrogens (tertiary/aromatic N) is 1. The summed E-state index contributed by atoms with van der Waals surface area (Å²) in [6, 6.07) is 6.42. The maximum absolute atomic E-state index is 5.56. The lowest BCUT2D eigenvalue weighted by molar-refractivity contribution is 0.404. The van der Waals surface area contributed by atoms with Gasteiger partial charge in [0.1, 0.15) is 0 Å². The van der Waals surface area contributed by atoms with E-state index in [1.807, 2.05) is 0 Å². The Morgan fingerprint density at radius 2 is 2.05 bits per heavy atom. The van der Waals surface area contributed by atoms with Crippen LogP contribution in [-0.4, -0.2) is 23.1 Å². The van der Waals surface area contributed by atoms with Crippen LogP contribution in [0.25, 0.3) is 0 Å². The fourth-order valence-electron chi connectivity index (χ4n) is 2.18. The molecular weight excluding hydrogens is 252 g/mol. The molecule has 1 N–H and O–H groups in total. The number of hydrogen-bond donors (Lipinski definition) is 1. The zero-order valence-corrected chi connectivity index (χ0v) is 13.0. The van der Waals surface area contributed by atoms with Crippen LogP contribution in [0.15, 0.2) is 18.2 Å². The molecule has 0 heterocycles. The molecule has 1 saturated carbocycles. The number of rotatable bonds is 5. The molecular formula is C16H24N2S. The van der Waals surface area contributed by atoms with E-state index in [9.17, 15) is 0 Å². The maximum atomic E-state index is 5.56. The Morgan fingerprint density at radius 3 is 2.63 bits per heavy atom. The highest BCUT2D eigenvalue weighted by atomic mass is 32.1. The zero-order valence-electron chi connectivity index (χ0n) is 12.2. The van der Waals surface area contributed by atoms with Gasteiger partial charge in [0.25, 0.3) is 0 Å². The van der Waals surface area contributed by atoms with E-state index in [1.165, 1.54) is 24.0 Å². The second-order valence-corrected chi connectivity index (χ2v) is 6.01. The topological polar surface area (TPSA) is 15.3 Å². The van der Waals surface area contributed by atoms with Gasteiger partial charge in [-0.05, 0) is 74.5 Å². The Balaban J connectivity index is 1.98. The Kier molecular flexibility index (Phi) is 4.81. The van der Waals surface area contributed by atoms with Gasteiger partial charge in [-0.15, -0.1) is 0 Å². The van der Waals surface area contributed by atoms with E-state index < -0.39 is 0 Å². The van der Waals surface area contributed by atoms with E-state index in [0.29, 0.717) is 0 Å². The minimum absolute atomic E-state index is 0.867. The number of hydrogen-bond acceptors (Lipinski definition) is 1. The summed E-state index contributed by atoms with van der Waals surface area (Å²) in [4.78, 5) is 2.32. The van der Waals surface area contributed by atoms with Crippen LogP contribution < -0.4 is 5.32 Å². The number of anilines is 1. The standard InChI is InChI=1S/C16H24N2S/c1-4-9-18(11-14-6-7-14)16(19)17-15-8-5-12(2)13(3)10-15/h5,8,10,14H,4,6-7,9,11H2,1-3H3,(H,17,19). The lowest BCUT2D eigenvalue weighted by Gasteiger charge is -2.25.